The second kappa shape index (κ2) is 5.93. The Balaban J connectivity index is 0.00000132. The first-order valence-corrected chi connectivity index (χ1v) is 8.37. The van der Waals surface area contributed by atoms with Gasteiger partial charge >= 0.3 is 0 Å². The number of fused-ring (bicyclic) bond motifs is 3. The molecule has 1 saturated heterocycles. The number of hydrogen-bond donors (Lipinski definition) is 2. The minimum absolute atomic E-state index is 0. The van der Waals surface area contributed by atoms with E-state index in [9.17, 15) is 4.79 Å². The van der Waals surface area contributed by atoms with Crippen LogP contribution in [0.25, 0.3) is 19.5 Å². The second-order valence-electron chi connectivity index (χ2n) is 5.07. The first kappa shape index (κ1) is 14.8. The van der Waals surface area contributed by atoms with Gasteiger partial charge in [-0.2, -0.15) is 0 Å². The number of nitrogens with one attached hydrogen (secondary N) is 2. The summed E-state index contributed by atoms with van der Waals surface area (Å²) in [4.78, 5) is 13.1. The van der Waals surface area contributed by atoms with Gasteiger partial charge < -0.3 is 10.6 Å². The Morgan fingerprint density at radius 3 is 2.90 bits per heavy atom. The number of rotatable bonds is 2. The molecule has 21 heavy (non-hydrogen) atoms. The molecule has 6 heteroatoms. The number of carbonyl (C=O) groups excluding carboxylic acids is 1. The predicted octanol–water partition coefficient (Wildman–Crippen LogP) is 3.63. The average molecular weight is 339 g/mol. The van der Waals surface area contributed by atoms with Crippen molar-refractivity contribution in [1.29, 1.82) is 0 Å². The van der Waals surface area contributed by atoms with Crippen LogP contribution in [0.4, 0.5) is 0 Å². The Labute approximate surface area is 136 Å². The molecular formula is C15H15ClN2OS2. The van der Waals surface area contributed by atoms with Crippen molar-refractivity contribution in [3.8, 4) is 0 Å². The van der Waals surface area contributed by atoms with Gasteiger partial charge in [-0.3, -0.25) is 4.79 Å². The number of hydrogen-bond acceptors (Lipinski definition) is 4. The minimum Gasteiger partial charge on any atom is -0.347 e. The lowest BCUT2D eigenvalue weighted by Crippen LogP contribution is -2.35. The topological polar surface area (TPSA) is 41.1 Å². The van der Waals surface area contributed by atoms with Crippen LogP contribution in [0.5, 0.6) is 0 Å². The highest BCUT2D eigenvalue weighted by Gasteiger charge is 2.19. The number of benzene rings is 1. The lowest BCUT2D eigenvalue weighted by atomic mass is 10.2. The van der Waals surface area contributed by atoms with Crippen molar-refractivity contribution in [2.45, 2.75) is 12.5 Å². The normalized spacial score (nSPS) is 18.0. The summed E-state index contributed by atoms with van der Waals surface area (Å²) in [5, 5.41) is 7.64. The summed E-state index contributed by atoms with van der Waals surface area (Å²) < 4.78 is 3.74. The SMILES string of the molecule is Cl.O=C(NC1CCNC1)c1cc2sc3ccccc3c2s1. The van der Waals surface area contributed by atoms with Crippen LogP contribution >= 0.6 is 35.1 Å². The molecular weight excluding hydrogens is 324 g/mol. The molecule has 1 aromatic carbocycles. The number of carbonyl (C=O) groups is 1. The van der Waals surface area contributed by atoms with Crippen molar-refractivity contribution < 1.29 is 4.79 Å². The van der Waals surface area contributed by atoms with Crippen LogP contribution in [-0.2, 0) is 0 Å². The molecule has 3 heterocycles. The van der Waals surface area contributed by atoms with Gasteiger partial charge in [0.25, 0.3) is 5.91 Å². The Morgan fingerprint density at radius 2 is 2.10 bits per heavy atom. The van der Waals surface area contributed by atoms with Gasteiger partial charge in [-0.15, -0.1) is 35.1 Å². The lowest BCUT2D eigenvalue weighted by Gasteiger charge is -2.09. The van der Waals surface area contributed by atoms with Crippen molar-refractivity contribution in [1.82, 2.24) is 10.6 Å². The summed E-state index contributed by atoms with van der Waals surface area (Å²) in [6.45, 7) is 1.88. The zero-order valence-corrected chi connectivity index (χ0v) is 13.7. The molecule has 3 aromatic rings. The molecule has 2 N–H and O–H groups in total. The maximum atomic E-state index is 12.3. The predicted molar refractivity (Wildman–Crippen MR) is 93.2 cm³/mol. The zero-order chi connectivity index (χ0) is 13.5. The highest BCUT2D eigenvalue weighted by atomic mass is 35.5. The van der Waals surface area contributed by atoms with E-state index in [1.54, 1.807) is 22.7 Å². The fourth-order valence-corrected chi connectivity index (χ4v) is 5.07. The zero-order valence-electron chi connectivity index (χ0n) is 11.2. The highest BCUT2D eigenvalue weighted by molar-refractivity contribution is 7.33. The van der Waals surface area contributed by atoms with Gasteiger partial charge in [0.2, 0.25) is 0 Å². The molecule has 2 aromatic heterocycles. The molecule has 0 aliphatic carbocycles. The van der Waals surface area contributed by atoms with Crippen LogP contribution in [0.1, 0.15) is 16.1 Å². The maximum absolute atomic E-state index is 12.3. The maximum Gasteiger partial charge on any atom is 0.261 e. The van der Waals surface area contributed by atoms with E-state index in [0.29, 0.717) is 0 Å². The highest BCUT2D eigenvalue weighted by Crippen LogP contribution is 2.39. The van der Waals surface area contributed by atoms with Crippen LogP contribution in [0.15, 0.2) is 30.3 Å². The van der Waals surface area contributed by atoms with Gasteiger partial charge in [-0.25, -0.2) is 0 Å². The van der Waals surface area contributed by atoms with Gasteiger partial charge in [0.05, 0.1) is 9.58 Å². The van der Waals surface area contributed by atoms with E-state index in [1.807, 2.05) is 6.07 Å². The van der Waals surface area contributed by atoms with Crippen LogP contribution < -0.4 is 10.6 Å². The van der Waals surface area contributed by atoms with Crippen LogP contribution in [0, 0.1) is 0 Å². The summed E-state index contributed by atoms with van der Waals surface area (Å²) in [7, 11) is 0. The third-order valence-corrected chi connectivity index (χ3v) is 6.08. The molecule has 110 valence electrons. The van der Waals surface area contributed by atoms with E-state index < -0.39 is 0 Å². The van der Waals surface area contributed by atoms with Gasteiger partial charge in [0.15, 0.2) is 0 Å². The molecule has 3 nitrogen and oxygen atoms in total. The van der Waals surface area contributed by atoms with E-state index in [-0.39, 0.29) is 24.4 Å². The van der Waals surface area contributed by atoms with Crippen LogP contribution in [0.2, 0.25) is 0 Å². The molecule has 1 atom stereocenters. The molecule has 1 aliphatic heterocycles. The van der Waals surface area contributed by atoms with Crippen molar-refractivity contribution >= 4 is 60.5 Å². The van der Waals surface area contributed by atoms with Crippen molar-refractivity contribution in [3.05, 3.63) is 35.2 Å². The Bertz CT molecular complexity index is 789. The van der Waals surface area contributed by atoms with Gasteiger partial charge in [-0.05, 0) is 25.1 Å². The largest absolute Gasteiger partial charge is 0.347 e. The first-order valence-electron chi connectivity index (χ1n) is 6.74. The molecule has 4 rings (SSSR count). The minimum atomic E-state index is 0. The first-order chi connectivity index (χ1) is 9.81. The summed E-state index contributed by atoms with van der Waals surface area (Å²) in [6, 6.07) is 10.7. The molecule has 0 saturated carbocycles. The number of amides is 1. The van der Waals surface area contributed by atoms with Crippen molar-refractivity contribution in [2.24, 2.45) is 0 Å². The summed E-state index contributed by atoms with van der Waals surface area (Å²) in [5.41, 5.74) is 0. The number of halogens is 1. The Morgan fingerprint density at radius 1 is 1.24 bits per heavy atom. The lowest BCUT2D eigenvalue weighted by molar-refractivity contribution is 0.0944. The number of thiophene rings is 2. The fraction of sp³-hybridized carbons (Fsp3) is 0.267. The van der Waals surface area contributed by atoms with Gasteiger partial charge in [0, 0.05) is 27.4 Å². The van der Waals surface area contributed by atoms with E-state index in [1.165, 1.54) is 19.5 Å². The monoisotopic (exact) mass is 338 g/mol. The molecule has 1 unspecified atom stereocenters. The van der Waals surface area contributed by atoms with Crippen LogP contribution in [-0.4, -0.2) is 25.0 Å². The van der Waals surface area contributed by atoms with E-state index in [0.717, 1.165) is 24.4 Å². The van der Waals surface area contributed by atoms with Gasteiger partial charge in [-0.1, -0.05) is 18.2 Å². The van der Waals surface area contributed by atoms with E-state index in [2.05, 4.69) is 34.9 Å². The second-order valence-corrected chi connectivity index (χ2v) is 7.20. The smallest absolute Gasteiger partial charge is 0.261 e. The van der Waals surface area contributed by atoms with Crippen molar-refractivity contribution in [3.63, 3.8) is 0 Å². The Hall–Kier alpha value is -1.14. The molecule has 0 radical (unpaired) electrons. The van der Waals surface area contributed by atoms with E-state index in [4.69, 9.17) is 0 Å². The fourth-order valence-electron chi connectivity index (χ4n) is 2.65. The molecule has 0 bridgehead atoms. The quantitative estimate of drug-likeness (QED) is 0.749. The molecule has 0 spiro atoms. The third-order valence-electron chi connectivity index (χ3n) is 3.67. The summed E-state index contributed by atoms with van der Waals surface area (Å²) in [5.74, 6) is 0.0659. The Kier molecular flexibility index (Phi) is 4.17. The van der Waals surface area contributed by atoms with Gasteiger partial charge in [0.1, 0.15) is 0 Å². The molecule has 1 aliphatic rings. The van der Waals surface area contributed by atoms with Crippen LogP contribution in [0.3, 0.4) is 0 Å². The summed E-state index contributed by atoms with van der Waals surface area (Å²) in [6.07, 6.45) is 1.02. The molecule has 1 fully saturated rings. The standard InChI is InChI=1S/C15H14N2OS2.ClH/c18-15(17-9-5-6-16-8-9)13-7-12-14(20-13)10-3-1-2-4-11(10)19-12;/h1-4,7,9,16H,5-6,8H2,(H,17,18);1H. The third kappa shape index (κ3) is 2.66. The summed E-state index contributed by atoms with van der Waals surface area (Å²) >= 11 is 3.36. The van der Waals surface area contributed by atoms with E-state index >= 15 is 0 Å². The average Bonchev–Trinajstić information content (AvgIpc) is 3.12. The molecule has 1 amide bonds. The van der Waals surface area contributed by atoms with Crippen molar-refractivity contribution in [2.75, 3.05) is 13.1 Å².